The van der Waals surface area contributed by atoms with Crippen molar-refractivity contribution in [2.24, 2.45) is 23.7 Å². The van der Waals surface area contributed by atoms with Gasteiger partial charge in [-0.2, -0.15) is 0 Å². The molecule has 2 bridgehead atoms. The summed E-state index contributed by atoms with van der Waals surface area (Å²) >= 11 is 0. The number of carbonyl (C=O) groups excluding carboxylic acids is 1. The van der Waals surface area contributed by atoms with Crippen LogP contribution in [-0.2, 0) is 28.8 Å². The summed E-state index contributed by atoms with van der Waals surface area (Å²) in [5.74, 6) is 0.463. The van der Waals surface area contributed by atoms with Crippen LogP contribution in [0.3, 0.4) is 0 Å². The summed E-state index contributed by atoms with van der Waals surface area (Å²) in [4.78, 5) is 23.1. The molecule has 0 radical (unpaired) electrons. The molecule has 1 saturated carbocycles. The van der Waals surface area contributed by atoms with Crippen molar-refractivity contribution in [3.63, 3.8) is 0 Å². The second-order valence-electron chi connectivity index (χ2n) is 8.29. The van der Waals surface area contributed by atoms with E-state index in [2.05, 4.69) is 13.8 Å². The van der Waals surface area contributed by atoms with Crippen molar-refractivity contribution in [3.05, 3.63) is 0 Å². The molecule has 8 atom stereocenters. The van der Waals surface area contributed by atoms with Crippen molar-refractivity contribution in [2.75, 3.05) is 6.61 Å². The molecular weight excluding hydrogens is 312 g/mol. The van der Waals surface area contributed by atoms with Crippen LogP contribution < -0.4 is 0 Å². The zero-order valence-corrected chi connectivity index (χ0v) is 14.9. The SMILES string of the molecule is CC(=O)CO[C@H]1O[C@@H]2O[C@]3(C)CCC4[C@H](C)CCC([C@H]1C)[C@]42OO3. The normalized spacial score (nSPS) is 53.3. The molecule has 0 N–H and O–H groups in total. The Balaban J connectivity index is 1.68. The highest BCUT2D eigenvalue weighted by Gasteiger charge is 2.69. The van der Waals surface area contributed by atoms with Gasteiger partial charge in [-0.15, -0.1) is 0 Å². The van der Waals surface area contributed by atoms with Crippen LogP contribution in [0.2, 0.25) is 0 Å². The first-order valence-electron chi connectivity index (χ1n) is 9.17. The van der Waals surface area contributed by atoms with Gasteiger partial charge in [0.15, 0.2) is 24.0 Å². The molecule has 0 amide bonds. The fourth-order valence-corrected chi connectivity index (χ4v) is 5.26. The van der Waals surface area contributed by atoms with Gasteiger partial charge in [0.2, 0.25) is 5.79 Å². The molecule has 4 heterocycles. The largest absolute Gasteiger partial charge is 0.344 e. The maximum absolute atomic E-state index is 11.3. The Morgan fingerprint density at radius 1 is 1.17 bits per heavy atom. The van der Waals surface area contributed by atoms with E-state index in [0.717, 1.165) is 25.7 Å². The number of Topliss-reactive ketones (excluding diaryl/α,β-unsaturated/α-hetero) is 1. The Kier molecular flexibility index (Phi) is 4.05. The Bertz CT molecular complexity index is 524. The first kappa shape index (κ1) is 16.9. The second-order valence-corrected chi connectivity index (χ2v) is 8.29. The zero-order chi connectivity index (χ0) is 17.1. The number of ketones is 1. The molecule has 4 aliphatic heterocycles. The van der Waals surface area contributed by atoms with Crippen LogP contribution in [0.25, 0.3) is 0 Å². The van der Waals surface area contributed by atoms with Crippen LogP contribution in [0.1, 0.15) is 53.4 Å². The number of fused-ring (bicyclic) bond motifs is 2. The standard InChI is InChI=1S/C18H28O6/c1-10-5-6-14-12(3)15(20-9-11(2)19)21-16-18(14)13(10)7-8-17(4,22-16)23-24-18/h10,12-16H,5-9H2,1-4H3/t10-,12-,13?,14?,15+,16-,17+,18-/m1/s1. The molecule has 0 aromatic heterocycles. The van der Waals surface area contributed by atoms with Gasteiger partial charge in [-0.1, -0.05) is 13.8 Å². The molecule has 5 fully saturated rings. The van der Waals surface area contributed by atoms with Gasteiger partial charge < -0.3 is 14.2 Å². The quantitative estimate of drug-likeness (QED) is 0.736. The summed E-state index contributed by atoms with van der Waals surface area (Å²) in [5.41, 5.74) is -0.566. The van der Waals surface area contributed by atoms with E-state index in [1.165, 1.54) is 6.92 Å². The van der Waals surface area contributed by atoms with Crippen LogP contribution in [0.5, 0.6) is 0 Å². The van der Waals surface area contributed by atoms with Crippen LogP contribution in [0.15, 0.2) is 0 Å². The third kappa shape index (κ3) is 2.38. The highest BCUT2D eigenvalue weighted by molar-refractivity contribution is 5.76. The molecule has 5 aliphatic rings. The first-order valence-corrected chi connectivity index (χ1v) is 9.17. The van der Waals surface area contributed by atoms with Gasteiger partial charge in [-0.3, -0.25) is 4.79 Å². The predicted molar refractivity (Wildman–Crippen MR) is 83.5 cm³/mol. The summed E-state index contributed by atoms with van der Waals surface area (Å²) < 4.78 is 18.2. The Morgan fingerprint density at radius 2 is 1.96 bits per heavy atom. The molecule has 1 aliphatic carbocycles. The molecule has 6 heteroatoms. The number of hydrogen-bond acceptors (Lipinski definition) is 6. The highest BCUT2D eigenvalue weighted by atomic mass is 17.3. The third-order valence-electron chi connectivity index (χ3n) is 6.55. The van der Waals surface area contributed by atoms with E-state index >= 15 is 0 Å². The molecule has 0 aromatic rings. The number of rotatable bonds is 3. The number of ether oxygens (including phenoxy) is 3. The summed E-state index contributed by atoms with van der Waals surface area (Å²) in [6.07, 6.45) is 3.04. The fourth-order valence-electron chi connectivity index (χ4n) is 5.26. The topological polar surface area (TPSA) is 63.2 Å². The second kappa shape index (κ2) is 5.74. The number of carbonyl (C=O) groups is 1. The summed E-state index contributed by atoms with van der Waals surface area (Å²) in [6.45, 7) is 7.91. The lowest BCUT2D eigenvalue weighted by molar-refractivity contribution is -0.577. The van der Waals surface area contributed by atoms with Crippen LogP contribution in [0, 0.1) is 23.7 Å². The monoisotopic (exact) mass is 340 g/mol. The van der Waals surface area contributed by atoms with E-state index in [-0.39, 0.29) is 24.2 Å². The fraction of sp³-hybridized carbons (Fsp3) is 0.944. The van der Waals surface area contributed by atoms with Gasteiger partial charge in [-0.05, 0) is 44.9 Å². The van der Waals surface area contributed by atoms with E-state index in [9.17, 15) is 4.79 Å². The molecule has 5 rings (SSSR count). The summed E-state index contributed by atoms with van der Waals surface area (Å²) in [7, 11) is 0. The van der Waals surface area contributed by atoms with Crippen molar-refractivity contribution < 1.29 is 28.8 Å². The zero-order valence-electron chi connectivity index (χ0n) is 14.9. The van der Waals surface area contributed by atoms with Gasteiger partial charge >= 0.3 is 0 Å². The molecule has 136 valence electrons. The van der Waals surface area contributed by atoms with E-state index in [1.54, 1.807) is 0 Å². The van der Waals surface area contributed by atoms with Gasteiger partial charge in [0.25, 0.3) is 0 Å². The van der Waals surface area contributed by atoms with Crippen LogP contribution in [-0.4, -0.2) is 36.4 Å². The summed E-state index contributed by atoms with van der Waals surface area (Å²) in [6, 6.07) is 0. The van der Waals surface area contributed by atoms with E-state index in [1.807, 2.05) is 6.92 Å². The average molecular weight is 340 g/mol. The van der Waals surface area contributed by atoms with Gasteiger partial charge in [0.05, 0.1) is 0 Å². The van der Waals surface area contributed by atoms with E-state index in [0.29, 0.717) is 11.8 Å². The smallest absolute Gasteiger partial charge is 0.201 e. The highest BCUT2D eigenvalue weighted by Crippen LogP contribution is 2.60. The predicted octanol–water partition coefficient (Wildman–Crippen LogP) is 2.80. The van der Waals surface area contributed by atoms with Gasteiger partial charge in [0, 0.05) is 18.3 Å². The molecule has 1 spiro atoms. The third-order valence-corrected chi connectivity index (χ3v) is 6.55. The van der Waals surface area contributed by atoms with Crippen LogP contribution >= 0.6 is 0 Å². The lowest BCUT2D eigenvalue weighted by Gasteiger charge is -2.60. The van der Waals surface area contributed by atoms with Crippen molar-refractivity contribution in [3.8, 4) is 0 Å². The van der Waals surface area contributed by atoms with Crippen molar-refractivity contribution >= 4 is 5.78 Å². The summed E-state index contributed by atoms with van der Waals surface area (Å²) in [5, 5.41) is 0. The minimum atomic E-state index is -0.775. The van der Waals surface area contributed by atoms with Crippen LogP contribution in [0.4, 0.5) is 0 Å². The lowest BCUT2D eigenvalue weighted by Crippen LogP contribution is -2.70. The Labute approximate surface area is 143 Å². The van der Waals surface area contributed by atoms with Gasteiger partial charge in [-0.25, -0.2) is 9.78 Å². The molecule has 0 aromatic carbocycles. The van der Waals surface area contributed by atoms with E-state index in [4.69, 9.17) is 24.0 Å². The van der Waals surface area contributed by atoms with Crippen molar-refractivity contribution in [1.29, 1.82) is 0 Å². The molecule has 4 saturated heterocycles. The number of hydrogen-bond donors (Lipinski definition) is 0. The Hall–Kier alpha value is -0.530. The van der Waals surface area contributed by atoms with Gasteiger partial charge in [0.1, 0.15) is 6.61 Å². The van der Waals surface area contributed by atoms with Crippen molar-refractivity contribution in [1.82, 2.24) is 0 Å². The molecule has 2 unspecified atom stereocenters. The lowest BCUT2D eigenvalue weighted by atomic mass is 9.58. The maximum Gasteiger partial charge on any atom is 0.201 e. The van der Waals surface area contributed by atoms with Crippen molar-refractivity contribution in [2.45, 2.75) is 77.3 Å². The maximum atomic E-state index is 11.3. The van der Waals surface area contributed by atoms with E-state index < -0.39 is 24.0 Å². The molecular formula is C18H28O6. The minimum Gasteiger partial charge on any atom is -0.344 e. The first-order chi connectivity index (χ1) is 11.4. The molecule has 6 nitrogen and oxygen atoms in total. The minimum absolute atomic E-state index is 0.00363. The molecule has 24 heavy (non-hydrogen) atoms. The average Bonchev–Trinajstić information content (AvgIpc) is 2.76. The Morgan fingerprint density at radius 3 is 2.71 bits per heavy atom.